The summed E-state index contributed by atoms with van der Waals surface area (Å²) in [5.74, 6) is 0.657. The van der Waals surface area contributed by atoms with Crippen LogP contribution in [-0.2, 0) is 0 Å². The number of para-hydroxylation sites is 1. The largest absolute Gasteiger partial charge is 0.381 e. The first-order valence-corrected chi connectivity index (χ1v) is 6.74. The van der Waals surface area contributed by atoms with Gasteiger partial charge in [-0.3, -0.25) is 4.98 Å². The average Bonchev–Trinajstić information content (AvgIpc) is 2.38. The molecular formula is C16H22N2. The third kappa shape index (κ3) is 2.63. The number of aromatic nitrogens is 1. The zero-order valence-corrected chi connectivity index (χ0v) is 11.7. The van der Waals surface area contributed by atoms with Crippen molar-refractivity contribution >= 4 is 16.6 Å². The van der Waals surface area contributed by atoms with Crippen molar-refractivity contribution in [3.8, 4) is 0 Å². The molecule has 0 saturated heterocycles. The van der Waals surface area contributed by atoms with E-state index in [1.54, 1.807) is 0 Å². The highest BCUT2D eigenvalue weighted by atomic mass is 14.9. The molecule has 2 aromatic rings. The van der Waals surface area contributed by atoms with Gasteiger partial charge in [0.15, 0.2) is 0 Å². The molecule has 0 saturated carbocycles. The Kier molecular flexibility index (Phi) is 3.85. The lowest BCUT2D eigenvalue weighted by molar-refractivity contribution is 0.495. The zero-order valence-electron chi connectivity index (χ0n) is 11.7. The molecule has 0 aliphatic rings. The second-order valence-corrected chi connectivity index (χ2v) is 5.15. The Bertz CT molecular complexity index is 534. The molecule has 2 atom stereocenters. The number of rotatable bonds is 4. The van der Waals surface area contributed by atoms with E-state index >= 15 is 0 Å². The molecule has 1 aromatic carbocycles. The number of fused-ring (bicyclic) bond motifs is 1. The highest BCUT2D eigenvalue weighted by molar-refractivity contribution is 5.90. The van der Waals surface area contributed by atoms with Gasteiger partial charge in [0.05, 0.1) is 11.2 Å². The molecule has 18 heavy (non-hydrogen) atoms. The first-order valence-electron chi connectivity index (χ1n) is 6.74. The minimum Gasteiger partial charge on any atom is -0.381 e. The van der Waals surface area contributed by atoms with Crippen molar-refractivity contribution in [1.82, 2.24) is 4.98 Å². The van der Waals surface area contributed by atoms with Gasteiger partial charge in [-0.15, -0.1) is 0 Å². The van der Waals surface area contributed by atoms with Gasteiger partial charge in [-0.1, -0.05) is 38.5 Å². The number of hydrogen-bond acceptors (Lipinski definition) is 2. The molecule has 2 heteroatoms. The standard InChI is InChI=1S/C16H22N2/c1-5-11(2)13(4)18-15-8-6-7-14-10-9-12(3)17-16(14)15/h6-11,13,18H,5H2,1-4H3. The third-order valence-corrected chi connectivity index (χ3v) is 3.74. The third-order valence-electron chi connectivity index (χ3n) is 3.74. The summed E-state index contributed by atoms with van der Waals surface area (Å²) < 4.78 is 0. The van der Waals surface area contributed by atoms with Crippen LogP contribution < -0.4 is 5.32 Å². The predicted octanol–water partition coefficient (Wildman–Crippen LogP) is 4.39. The van der Waals surface area contributed by atoms with Crippen LogP contribution >= 0.6 is 0 Å². The SMILES string of the molecule is CCC(C)C(C)Nc1cccc2ccc(C)nc12. The molecule has 1 aromatic heterocycles. The van der Waals surface area contributed by atoms with E-state index in [4.69, 9.17) is 0 Å². The molecule has 0 aliphatic heterocycles. The Balaban J connectivity index is 2.35. The number of benzene rings is 1. The van der Waals surface area contributed by atoms with E-state index < -0.39 is 0 Å². The van der Waals surface area contributed by atoms with E-state index in [9.17, 15) is 0 Å². The Morgan fingerprint density at radius 1 is 1.17 bits per heavy atom. The fraction of sp³-hybridized carbons (Fsp3) is 0.438. The van der Waals surface area contributed by atoms with Gasteiger partial charge in [0.1, 0.15) is 0 Å². The Labute approximate surface area is 109 Å². The minimum absolute atomic E-state index is 0.461. The molecule has 0 radical (unpaired) electrons. The number of nitrogens with one attached hydrogen (secondary N) is 1. The van der Waals surface area contributed by atoms with Crippen LogP contribution in [0.4, 0.5) is 5.69 Å². The van der Waals surface area contributed by atoms with Crippen molar-refractivity contribution < 1.29 is 0 Å². The maximum atomic E-state index is 4.65. The van der Waals surface area contributed by atoms with Crippen LogP contribution in [-0.4, -0.2) is 11.0 Å². The van der Waals surface area contributed by atoms with Gasteiger partial charge < -0.3 is 5.32 Å². The van der Waals surface area contributed by atoms with Gasteiger partial charge in [-0.2, -0.15) is 0 Å². The van der Waals surface area contributed by atoms with E-state index in [-0.39, 0.29) is 0 Å². The zero-order chi connectivity index (χ0) is 13.1. The molecule has 1 N–H and O–H groups in total. The maximum absolute atomic E-state index is 4.65. The molecule has 2 rings (SSSR count). The predicted molar refractivity (Wildman–Crippen MR) is 79.0 cm³/mol. The molecule has 0 spiro atoms. The summed E-state index contributed by atoms with van der Waals surface area (Å²) in [5.41, 5.74) is 3.28. The molecule has 2 nitrogen and oxygen atoms in total. The summed E-state index contributed by atoms with van der Waals surface area (Å²) in [5, 5.41) is 4.80. The smallest absolute Gasteiger partial charge is 0.0936 e. The van der Waals surface area contributed by atoms with E-state index in [0.717, 1.165) is 16.9 Å². The van der Waals surface area contributed by atoms with Crippen molar-refractivity contribution in [2.75, 3.05) is 5.32 Å². The number of anilines is 1. The summed E-state index contributed by atoms with van der Waals surface area (Å²) >= 11 is 0. The minimum atomic E-state index is 0.461. The van der Waals surface area contributed by atoms with Crippen molar-refractivity contribution in [2.45, 2.75) is 40.2 Å². The first kappa shape index (κ1) is 12.9. The lowest BCUT2D eigenvalue weighted by Crippen LogP contribution is -2.23. The number of aryl methyl sites for hydroxylation is 1. The fourth-order valence-electron chi connectivity index (χ4n) is 2.10. The lowest BCUT2D eigenvalue weighted by atomic mass is 10.0. The molecule has 0 amide bonds. The van der Waals surface area contributed by atoms with E-state index in [1.165, 1.54) is 11.8 Å². The van der Waals surface area contributed by atoms with Gasteiger partial charge in [0.25, 0.3) is 0 Å². The maximum Gasteiger partial charge on any atom is 0.0936 e. The quantitative estimate of drug-likeness (QED) is 0.860. The van der Waals surface area contributed by atoms with Crippen LogP contribution in [0, 0.1) is 12.8 Å². The summed E-state index contributed by atoms with van der Waals surface area (Å²) in [6.07, 6.45) is 1.19. The van der Waals surface area contributed by atoms with Gasteiger partial charge >= 0.3 is 0 Å². The molecule has 0 fully saturated rings. The van der Waals surface area contributed by atoms with Crippen molar-refractivity contribution in [2.24, 2.45) is 5.92 Å². The highest BCUT2D eigenvalue weighted by Crippen LogP contribution is 2.24. The summed E-state index contributed by atoms with van der Waals surface area (Å²) in [6, 6.07) is 11.0. The monoisotopic (exact) mass is 242 g/mol. The van der Waals surface area contributed by atoms with Crippen LogP contribution in [0.15, 0.2) is 30.3 Å². The van der Waals surface area contributed by atoms with Gasteiger partial charge in [-0.05, 0) is 31.9 Å². The number of pyridine rings is 1. The summed E-state index contributed by atoms with van der Waals surface area (Å²) in [7, 11) is 0. The second-order valence-electron chi connectivity index (χ2n) is 5.15. The molecular weight excluding hydrogens is 220 g/mol. The average molecular weight is 242 g/mol. The van der Waals surface area contributed by atoms with Crippen molar-refractivity contribution in [1.29, 1.82) is 0 Å². The lowest BCUT2D eigenvalue weighted by Gasteiger charge is -2.21. The topological polar surface area (TPSA) is 24.9 Å². The van der Waals surface area contributed by atoms with Gasteiger partial charge in [0, 0.05) is 17.1 Å². The van der Waals surface area contributed by atoms with Crippen LogP contribution in [0.2, 0.25) is 0 Å². The van der Waals surface area contributed by atoms with Crippen LogP contribution in [0.5, 0.6) is 0 Å². The molecule has 96 valence electrons. The fourth-order valence-corrected chi connectivity index (χ4v) is 2.10. The second kappa shape index (κ2) is 5.38. The first-order chi connectivity index (χ1) is 8.61. The van der Waals surface area contributed by atoms with E-state index in [2.05, 4.69) is 61.4 Å². The normalized spacial score (nSPS) is 14.4. The van der Waals surface area contributed by atoms with Gasteiger partial charge in [-0.25, -0.2) is 0 Å². The van der Waals surface area contributed by atoms with E-state index in [1.807, 2.05) is 6.92 Å². The summed E-state index contributed by atoms with van der Waals surface area (Å²) in [6.45, 7) is 8.78. The van der Waals surface area contributed by atoms with Crippen LogP contribution in [0.3, 0.4) is 0 Å². The molecule has 0 bridgehead atoms. The van der Waals surface area contributed by atoms with Crippen molar-refractivity contribution in [3.05, 3.63) is 36.0 Å². The highest BCUT2D eigenvalue weighted by Gasteiger charge is 2.11. The number of nitrogens with zero attached hydrogens (tertiary/aromatic N) is 1. The van der Waals surface area contributed by atoms with E-state index in [0.29, 0.717) is 12.0 Å². The van der Waals surface area contributed by atoms with Gasteiger partial charge in [0.2, 0.25) is 0 Å². The Morgan fingerprint density at radius 2 is 1.94 bits per heavy atom. The molecule has 0 aliphatic carbocycles. The molecule has 2 unspecified atom stereocenters. The Hall–Kier alpha value is -1.57. The summed E-state index contributed by atoms with van der Waals surface area (Å²) in [4.78, 5) is 4.65. The van der Waals surface area contributed by atoms with Crippen LogP contribution in [0.25, 0.3) is 10.9 Å². The molecule has 1 heterocycles. The Morgan fingerprint density at radius 3 is 2.67 bits per heavy atom. The number of hydrogen-bond donors (Lipinski definition) is 1. The van der Waals surface area contributed by atoms with Crippen LogP contribution in [0.1, 0.15) is 32.9 Å². The van der Waals surface area contributed by atoms with Crippen molar-refractivity contribution in [3.63, 3.8) is 0 Å².